The van der Waals surface area contributed by atoms with Crippen molar-refractivity contribution >= 4 is 11.9 Å². The average Bonchev–Trinajstić information content (AvgIpc) is 3.19. The summed E-state index contributed by atoms with van der Waals surface area (Å²) in [6.45, 7) is 6.40. The Labute approximate surface area is 346 Å². The van der Waals surface area contributed by atoms with Gasteiger partial charge < -0.3 is 20.3 Å². The number of carbonyl (C=O) groups excluding carboxylic acids is 2. The van der Waals surface area contributed by atoms with Crippen LogP contribution in [0.25, 0.3) is 0 Å². The van der Waals surface area contributed by atoms with Crippen molar-refractivity contribution in [3.8, 4) is 0 Å². The van der Waals surface area contributed by atoms with E-state index < -0.39 is 18.2 Å². The molecule has 326 valence electrons. The second-order valence-corrected chi connectivity index (χ2v) is 16.2. The number of unbranched alkanes of at least 4 members (excludes halogenated alkanes) is 22. The third kappa shape index (κ3) is 38.7. The molecule has 0 aromatic carbocycles. The van der Waals surface area contributed by atoms with Crippen molar-refractivity contribution in [2.45, 2.75) is 251 Å². The highest BCUT2D eigenvalue weighted by Crippen LogP contribution is 2.17. The van der Waals surface area contributed by atoms with Crippen LogP contribution in [0, 0.1) is 0 Å². The van der Waals surface area contributed by atoms with Crippen LogP contribution in [0.2, 0.25) is 0 Å². The zero-order valence-corrected chi connectivity index (χ0v) is 37.0. The first-order valence-electron chi connectivity index (χ1n) is 23.9. The maximum atomic E-state index is 13.1. The number of ether oxygens (including phenoxy) is 1. The molecule has 0 saturated heterocycles. The molecule has 3 N–H and O–H groups in total. The van der Waals surface area contributed by atoms with Crippen molar-refractivity contribution in [2.24, 2.45) is 0 Å². The maximum absolute atomic E-state index is 13.1. The topological polar surface area (TPSA) is 95.9 Å². The number of esters is 1. The van der Waals surface area contributed by atoms with E-state index in [4.69, 9.17) is 4.74 Å². The smallest absolute Gasteiger partial charge is 0.306 e. The predicted molar refractivity (Wildman–Crippen MR) is 241 cm³/mol. The van der Waals surface area contributed by atoms with Gasteiger partial charge in [-0.15, -0.1) is 0 Å². The predicted octanol–water partition coefficient (Wildman–Crippen LogP) is 13.9. The van der Waals surface area contributed by atoms with Gasteiger partial charge in [0.15, 0.2) is 0 Å². The van der Waals surface area contributed by atoms with Crippen LogP contribution in [0.3, 0.4) is 0 Å². The quantitative estimate of drug-likeness (QED) is 0.0325. The minimum atomic E-state index is -0.798. The molecule has 0 heterocycles. The fourth-order valence-electron chi connectivity index (χ4n) is 6.98. The molecular weight excluding hydrogens is 695 g/mol. The zero-order valence-electron chi connectivity index (χ0n) is 37.0. The number of aliphatic hydroxyl groups excluding tert-OH is 2. The Morgan fingerprint density at radius 1 is 0.518 bits per heavy atom. The third-order valence-electron chi connectivity index (χ3n) is 10.6. The summed E-state index contributed by atoms with van der Waals surface area (Å²) in [5.41, 5.74) is 0. The van der Waals surface area contributed by atoms with Crippen LogP contribution >= 0.6 is 0 Å². The molecule has 1 amide bonds. The molecule has 0 saturated carbocycles. The highest BCUT2D eigenvalue weighted by molar-refractivity contribution is 5.77. The number of aliphatic hydroxyl groups is 2. The van der Waals surface area contributed by atoms with Gasteiger partial charge in [-0.05, 0) is 77.0 Å². The number of carbonyl (C=O) groups is 2. The van der Waals surface area contributed by atoms with Crippen molar-refractivity contribution in [2.75, 3.05) is 6.61 Å². The van der Waals surface area contributed by atoms with Crippen molar-refractivity contribution in [3.05, 3.63) is 48.6 Å². The van der Waals surface area contributed by atoms with Crippen molar-refractivity contribution < 1.29 is 24.5 Å². The van der Waals surface area contributed by atoms with Gasteiger partial charge >= 0.3 is 5.97 Å². The summed E-state index contributed by atoms with van der Waals surface area (Å²) in [5, 5.41) is 23.6. The Balaban J connectivity index is 4.70. The number of hydrogen-bond acceptors (Lipinski definition) is 5. The number of hydrogen-bond donors (Lipinski definition) is 3. The van der Waals surface area contributed by atoms with Crippen LogP contribution in [0.5, 0.6) is 0 Å². The molecule has 0 radical (unpaired) electrons. The largest absolute Gasteiger partial charge is 0.462 e. The number of allylic oxidation sites excluding steroid dienone is 8. The minimum absolute atomic E-state index is 0.0457. The third-order valence-corrected chi connectivity index (χ3v) is 10.6. The van der Waals surface area contributed by atoms with E-state index >= 15 is 0 Å². The highest BCUT2D eigenvalue weighted by Gasteiger charge is 2.24. The van der Waals surface area contributed by atoms with Gasteiger partial charge in [-0.2, -0.15) is 0 Å². The molecule has 0 aromatic heterocycles. The van der Waals surface area contributed by atoms with Gasteiger partial charge in [-0.25, -0.2) is 0 Å². The van der Waals surface area contributed by atoms with Crippen LogP contribution in [-0.4, -0.2) is 46.9 Å². The molecule has 0 fully saturated rings. The summed E-state index contributed by atoms with van der Waals surface area (Å²) >= 11 is 0. The molecule has 3 atom stereocenters. The standard InChI is InChI=1S/C50H91NO5/c1-4-7-10-13-16-19-21-23-24-26-27-30-32-35-38-41-46(56-50(55)43-40-37-34-31-28-25-22-20-17-14-11-8-5-2)44-49(54)51-47(45-52)48(53)42-39-36-33-29-18-15-12-9-6-3/h16,19,23-25,28,34,37,46-48,52-53H,4-15,17-18,20-22,26-27,29-33,35-36,38-45H2,1-3H3,(H,51,54)/b19-16-,24-23-,28-25-,37-34+. The highest BCUT2D eigenvalue weighted by atomic mass is 16.5. The summed E-state index contributed by atoms with van der Waals surface area (Å²) in [5.74, 6) is -0.569. The van der Waals surface area contributed by atoms with E-state index in [0.29, 0.717) is 19.3 Å². The first-order valence-corrected chi connectivity index (χ1v) is 23.9. The van der Waals surface area contributed by atoms with Crippen LogP contribution in [0.4, 0.5) is 0 Å². The molecule has 6 nitrogen and oxygen atoms in total. The lowest BCUT2D eigenvalue weighted by Crippen LogP contribution is -2.46. The van der Waals surface area contributed by atoms with Gasteiger partial charge in [0.2, 0.25) is 5.91 Å². The molecule has 0 rings (SSSR count). The molecule has 0 aliphatic carbocycles. The summed E-state index contributed by atoms with van der Waals surface area (Å²) in [7, 11) is 0. The SMILES string of the molecule is CCCCC/C=C\C/C=C\CCCCCCCC(CC(=O)NC(CO)C(O)CCCCCCCCCCC)OC(=O)CC/C=C/C/C=C\CCCCCCCC. The lowest BCUT2D eigenvalue weighted by atomic mass is 10.0. The lowest BCUT2D eigenvalue weighted by molar-refractivity contribution is -0.150. The number of nitrogens with one attached hydrogen (secondary N) is 1. The first-order chi connectivity index (χ1) is 27.5. The Kier molecular flexibility index (Phi) is 42.2. The fraction of sp³-hybridized carbons (Fsp3) is 0.800. The Hall–Kier alpha value is -2.18. The van der Waals surface area contributed by atoms with Crippen molar-refractivity contribution in [3.63, 3.8) is 0 Å². The monoisotopic (exact) mass is 786 g/mol. The molecule has 0 aliphatic rings. The summed E-state index contributed by atoms with van der Waals surface area (Å²) in [6.07, 6.45) is 51.8. The lowest BCUT2D eigenvalue weighted by Gasteiger charge is -2.24. The molecule has 0 aliphatic heterocycles. The maximum Gasteiger partial charge on any atom is 0.306 e. The Morgan fingerprint density at radius 3 is 1.39 bits per heavy atom. The van der Waals surface area contributed by atoms with E-state index in [1.807, 2.05) is 6.08 Å². The van der Waals surface area contributed by atoms with E-state index in [0.717, 1.165) is 70.6 Å². The van der Waals surface area contributed by atoms with Gasteiger partial charge in [0.05, 0.1) is 25.2 Å². The second kappa shape index (κ2) is 43.9. The van der Waals surface area contributed by atoms with Crippen LogP contribution in [-0.2, 0) is 14.3 Å². The van der Waals surface area contributed by atoms with Gasteiger partial charge in [0, 0.05) is 6.42 Å². The fourth-order valence-corrected chi connectivity index (χ4v) is 6.98. The average molecular weight is 786 g/mol. The second-order valence-electron chi connectivity index (χ2n) is 16.2. The summed E-state index contributed by atoms with van der Waals surface area (Å²) in [4.78, 5) is 26.0. The molecule has 0 aromatic rings. The number of amides is 1. The summed E-state index contributed by atoms with van der Waals surface area (Å²) < 4.78 is 5.87. The molecule has 6 heteroatoms. The van der Waals surface area contributed by atoms with Crippen molar-refractivity contribution in [1.29, 1.82) is 0 Å². The van der Waals surface area contributed by atoms with E-state index in [1.165, 1.54) is 109 Å². The van der Waals surface area contributed by atoms with Gasteiger partial charge in [-0.1, -0.05) is 191 Å². The normalized spacial score (nSPS) is 13.7. The van der Waals surface area contributed by atoms with Crippen molar-refractivity contribution in [1.82, 2.24) is 5.32 Å². The molecule has 0 bridgehead atoms. The molecule has 3 unspecified atom stereocenters. The van der Waals surface area contributed by atoms with Crippen LogP contribution in [0.15, 0.2) is 48.6 Å². The van der Waals surface area contributed by atoms with Crippen LogP contribution < -0.4 is 5.32 Å². The Morgan fingerprint density at radius 2 is 0.911 bits per heavy atom. The Bertz CT molecular complexity index is 972. The van der Waals surface area contributed by atoms with E-state index in [-0.39, 0.29) is 31.3 Å². The number of rotatable bonds is 42. The molecule has 56 heavy (non-hydrogen) atoms. The minimum Gasteiger partial charge on any atom is -0.462 e. The summed E-state index contributed by atoms with van der Waals surface area (Å²) in [6, 6.07) is -0.714. The van der Waals surface area contributed by atoms with Crippen LogP contribution in [0.1, 0.15) is 233 Å². The molecular formula is C50H91NO5. The van der Waals surface area contributed by atoms with E-state index in [1.54, 1.807) is 0 Å². The molecule has 0 spiro atoms. The van der Waals surface area contributed by atoms with Gasteiger partial charge in [0.25, 0.3) is 0 Å². The van der Waals surface area contributed by atoms with E-state index in [2.05, 4.69) is 68.6 Å². The van der Waals surface area contributed by atoms with E-state index in [9.17, 15) is 19.8 Å². The zero-order chi connectivity index (χ0) is 41.0. The van der Waals surface area contributed by atoms with Gasteiger partial charge in [0.1, 0.15) is 6.10 Å². The van der Waals surface area contributed by atoms with Gasteiger partial charge in [-0.3, -0.25) is 9.59 Å². The first kappa shape index (κ1) is 53.8.